The molecule has 0 bridgehead atoms. The molecular formula is C23H36N2O8. The molecule has 1 unspecified atom stereocenters. The molecule has 0 aliphatic carbocycles. The summed E-state index contributed by atoms with van der Waals surface area (Å²) in [6.45, 7) is 1.49. The number of aromatic amines is 1. The summed E-state index contributed by atoms with van der Waals surface area (Å²) >= 11 is 0. The van der Waals surface area contributed by atoms with Crippen LogP contribution in [0, 0.1) is 5.92 Å². The van der Waals surface area contributed by atoms with Gasteiger partial charge in [0.2, 0.25) is 17.3 Å². The molecule has 33 heavy (non-hydrogen) atoms. The third-order valence-electron chi connectivity index (χ3n) is 6.60. The fraction of sp³-hybridized carbons (Fsp3) is 0.739. The maximum atomic E-state index is 11.4. The number of H-pyrrole nitrogens is 1. The highest BCUT2D eigenvalue weighted by atomic mass is 16.7. The van der Waals surface area contributed by atoms with E-state index in [1.807, 2.05) is 0 Å². The minimum absolute atomic E-state index is 0.261. The lowest BCUT2D eigenvalue weighted by molar-refractivity contribution is -0.366. The summed E-state index contributed by atoms with van der Waals surface area (Å²) in [5.41, 5.74) is -0.234. The Morgan fingerprint density at radius 1 is 1.12 bits per heavy atom. The standard InChI is InChI=1S/C23H36N2O8/c1-2-3-4-5-6-7-8-9-16(23(31)22(29,30)19(27)18(14-26)33-23)10-11-17-12-15-13-24-21(28)25-20(15)32-17/h12-13,16,18-19,26-27,29-31H,2-11,14H2,1H3,(H,24,25,28)/t16?,18-,19-,23+/m1/s1. The summed E-state index contributed by atoms with van der Waals surface area (Å²) in [6.07, 6.45) is 6.61. The summed E-state index contributed by atoms with van der Waals surface area (Å²) in [7, 11) is 0. The molecule has 6 N–H and O–H groups in total. The van der Waals surface area contributed by atoms with Gasteiger partial charge in [0, 0.05) is 18.5 Å². The molecule has 1 aliphatic heterocycles. The van der Waals surface area contributed by atoms with Crippen LogP contribution in [0.4, 0.5) is 0 Å². The minimum atomic E-state index is -2.94. The van der Waals surface area contributed by atoms with Gasteiger partial charge in [-0.05, 0) is 18.9 Å². The first kappa shape index (κ1) is 25.8. The van der Waals surface area contributed by atoms with E-state index < -0.39 is 42.0 Å². The fourth-order valence-corrected chi connectivity index (χ4v) is 4.62. The van der Waals surface area contributed by atoms with Crippen molar-refractivity contribution < 1.29 is 34.7 Å². The van der Waals surface area contributed by atoms with Gasteiger partial charge in [-0.3, -0.25) is 4.98 Å². The Morgan fingerprint density at radius 3 is 2.48 bits per heavy atom. The van der Waals surface area contributed by atoms with E-state index in [2.05, 4.69) is 16.9 Å². The zero-order valence-electron chi connectivity index (χ0n) is 19.1. The van der Waals surface area contributed by atoms with Crippen LogP contribution in [0.25, 0.3) is 11.1 Å². The van der Waals surface area contributed by atoms with Gasteiger partial charge in [0.15, 0.2) is 0 Å². The van der Waals surface area contributed by atoms with Crippen LogP contribution in [0.15, 0.2) is 21.5 Å². The Bertz CT molecular complexity index is 942. The van der Waals surface area contributed by atoms with Gasteiger partial charge in [-0.15, -0.1) is 0 Å². The molecule has 0 amide bonds. The van der Waals surface area contributed by atoms with Gasteiger partial charge >= 0.3 is 5.69 Å². The summed E-state index contributed by atoms with van der Waals surface area (Å²) in [5.74, 6) is -5.61. The number of hydrogen-bond acceptors (Lipinski definition) is 9. The fourth-order valence-electron chi connectivity index (χ4n) is 4.62. The molecule has 4 atom stereocenters. The topological polar surface area (TPSA) is 169 Å². The number of aliphatic hydroxyl groups is 5. The predicted molar refractivity (Wildman–Crippen MR) is 119 cm³/mol. The van der Waals surface area contributed by atoms with E-state index in [0.29, 0.717) is 29.7 Å². The van der Waals surface area contributed by atoms with Crippen LogP contribution < -0.4 is 5.69 Å². The number of nitrogens with zero attached hydrogens (tertiary/aromatic N) is 1. The van der Waals surface area contributed by atoms with Crippen LogP contribution in [0.3, 0.4) is 0 Å². The van der Waals surface area contributed by atoms with E-state index in [1.165, 1.54) is 25.5 Å². The van der Waals surface area contributed by atoms with Crippen LogP contribution in [-0.2, 0) is 11.2 Å². The molecule has 0 radical (unpaired) electrons. The molecule has 2 aromatic rings. The van der Waals surface area contributed by atoms with Crippen molar-refractivity contribution >= 4 is 11.1 Å². The number of furan rings is 1. The van der Waals surface area contributed by atoms with Gasteiger partial charge < -0.3 is 34.7 Å². The smallest absolute Gasteiger partial charge is 0.347 e. The number of nitrogens with one attached hydrogen (secondary N) is 1. The lowest BCUT2D eigenvalue weighted by atomic mass is 9.82. The number of rotatable bonds is 13. The number of aryl methyl sites for hydroxylation is 1. The summed E-state index contributed by atoms with van der Waals surface area (Å²) < 4.78 is 11.1. The number of aliphatic hydroxyl groups excluding tert-OH is 2. The largest absolute Gasteiger partial charge is 0.445 e. The van der Waals surface area contributed by atoms with E-state index in [4.69, 9.17) is 9.15 Å². The molecular weight excluding hydrogens is 432 g/mol. The van der Waals surface area contributed by atoms with Crippen LogP contribution >= 0.6 is 0 Å². The van der Waals surface area contributed by atoms with Crippen LogP contribution in [0.5, 0.6) is 0 Å². The van der Waals surface area contributed by atoms with E-state index in [1.54, 1.807) is 6.07 Å². The molecule has 10 nitrogen and oxygen atoms in total. The Hall–Kier alpha value is -1.82. The monoisotopic (exact) mass is 468 g/mol. The van der Waals surface area contributed by atoms with Gasteiger partial charge in [-0.1, -0.05) is 51.9 Å². The van der Waals surface area contributed by atoms with Crippen molar-refractivity contribution in [2.24, 2.45) is 5.92 Å². The van der Waals surface area contributed by atoms with E-state index >= 15 is 0 Å². The molecule has 0 aromatic carbocycles. The quantitative estimate of drug-likeness (QED) is 0.187. The normalized spacial score (nSPS) is 25.6. The molecule has 0 spiro atoms. The van der Waals surface area contributed by atoms with Gasteiger partial charge in [0.05, 0.1) is 12.0 Å². The van der Waals surface area contributed by atoms with Crippen LogP contribution in [-0.4, -0.2) is 65.9 Å². The Kier molecular flexibility index (Phi) is 8.65. The summed E-state index contributed by atoms with van der Waals surface area (Å²) in [5, 5.41) is 52.5. The molecule has 186 valence electrons. The van der Waals surface area contributed by atoms with Crippen molar-refractivity contribution in [2.45, 2.75) is 94.9 Å². The first-order chi connectivity index (χ1) is 15.7. The van der Waals surface area contributed by atoms with Gasteiger partial charge in [0.1, 0.15) is 18.0 Å². The van der Waals surface area contributed by atoms with Crippen molar-refractivity contribution in [3.05, 3.63) is 28.5 Å². The first-order valence-corrected chi connectivity index (χ1v) is 11.8. The molecule has 3 rings (SSSR count). The van der Waals surface area contributed by atoms with Crippen molar-refractivity contribution in [3.8, 4) is 0 Å². The van der Waals surface area contributed by atoms with Crippen molar-refractivity contribution in [1.82, 2.24) is 9.97 Å². The van der Waals surface area contributed by atoms with E-state index in [-0.39, 0.29) is 6.42 Å². The Balaban J connectivity index is 1.71. The highest BCUT2D eigenvalue weighted by Crippen LogP contribution is 2.45. The molecule has 1 aliphatic rings. The molecule has 2 aromatic heterocycles. The molecule has 1 saturated heterocycles. The van der Waals surface area contributed by atoms with Crippen molar-refractivity contribution in [3.63, 3.8) is 0 Å². The van der Waals surface area contributed by atoms with Gasteiger partial charge in [-0.25, -0.2) is 9.78 Å². The number of aromatic nitrogens is 2. The number of fused-ring (bicyclic) bond motifs is 1. The minimum Gasteiger partial charge on any atom is -0.445 e. The second-order valence-corrected chi connectivity index (χ2v) is 9.04. The van der Waals surface area contributed by atoms with Crippen molar-refractivity contribution in [1.29, 1.82) is 0 Å². The average Bonchev–Trinajstić information content (AvgIpc) is 3.26. The highest BCUT2D eigenvalue weighted by molar-refractivity contribution is 5.72. The van der Waals surface area contributed by atoms with Crippen LogP contribution in [0.1, 0.15) is 70.5 Å². The molecule has 0 saturated carbocycles. The lowest BCUT2D eigenvalue weighted by Crippen LogP contribution is -2.60. The Morgan fingerprint density at radius 2 is 1.82 bits per heavy atom. The second-order valence-electron chi connectivity index (χ2n) is 9.04. The zero-order valence-corrected chi connectivity index (χ0v) is 19.1. The van der Waals surface area contributed by atoms with E-state index in [9.17, 15) is 30.3 Å². The second kappa shape index (κ2) is 11.1. The average molecular weight is 469 g/mol. The number of ether oxygens (including phenoxy) is 1. The Labute approximate surface area is 192 Å². The maximum Gasteiger partial charge on any atom is 0.347 e. The third-order valence-corrected chi connectivity index (χ3v) is 6.60. The lowest BCUT2D eigenvalue weighted by Gasteiger charge is -2.39. The van der Waals surface area contributed by atoms with Gasteiger partial charge in [0.25, 0.3) is 0 Å². The highest BCUT2D eigenvalue weighted by Gasteiger charge is 2.67. The molecule has 1 fully saturated rings. The number of hydrogen-bond donors (Lipinski definition) is 6. The summed E-state index contributed by atoms with van der Waals surface area (Å²) in [6, 6.07) is 1.72. The van der Waals surface area contributed by atoms with Crippen molar-refractivity contribution in [2.75, 3.05) is 6.61 Å². The van der Waals surface area contributed by atoms with Gasteiger partial charge in [-0.2, -0.15) is 0 Å². The van der Waals surface area contributed by atoms with E-state index in [0.717, 1.165) is 25.7 Å². The SMILES string of the molecule is CCCCCCCCCC(CCc1cc2cnc(=O)[nH]c2o1)[C@]1(O)O[C@H](CO)[C@@H](O)C1(O)O. The summed E-state index contributed by atoms with van der Waals surface area (Å²) in [4.78, 5) is 17.6. The molecule has 10 heteroatoms. The third kappa shape index (κ3) is 5.64. The predicted octanol–water partition coefficient (Wildman–Crippen LogP) is 1.33. The van der Waals surface area contributed by atoms with Crippen LogP contribution in [0.2, 0.25) is 0 Å². The number of unbranched alkanes of at least 4 members (excludes halogenated alkanes) is 6. The molecule has 3 heterocycles. The maximum absolute atomic E-state index is 11.4. The zero-order chi connectivity index (χ0) is 24.1. The first-order valence-electron chi connectivity index (χ1n) is 11.8.